The van der Waals surface area contributed by atoms with Crippen LogP contribution in [0.4, 0.5) is 0 Å². The molecule has 1 aromatic carbocycles. The van der Waals surface area contributed by atoms with E-state index in [0.717, 1.165) is 30.3 Å². The summed E-state index contributed by atoms with van der Waals surface area (Å²) in [6, 6.07) is 5.24. The Morgan fingerprint density at radius 2 is 2.06 bits per heavy atom. The van der Waals surface area contributed by atoms with Crippen LogP contribution in [0.15, 0.2) is 22.7 Å². The maximum Gasteiger partial charge on any atom is 0.253 e. The normalized spacial score (nSPS) is 10.4. The van der Waals surface area contributed by atoms with E-state index in [2.05, 4.69) is 15.9 Å². The van der Waals surface area contributed by atoms with Gasteiger partial charge < -0.3 is 4.90 Å². The molecule has 0 N–H and O–H groups in total. The van der Waals surface area contributed by atoms with Crippen molar-refractivity contribution in [1.82, 2.24) is 4.90 Å². The summed E-state index contributed by atoms with van der Waals surface area (Å²) in [5.41, 5.74) is 0.614. The number of carbonyl (C=O) groups is 1. The van der Waals surface area contributed by atoms with Gasteiger partial charge in [-0.2, -0.15) is 0 Å². The number of benzene rings is 1. The molecule has 0 atom stereocenters. The number of nitrogens with zero attached hydrogens (tertiary/aromatic N) is 1. The van der Waals surface area contributed by atoms with Gasteiger partial charge >= 0.3 is 0 Å². The number of unbranched alkanes of at least 4 members (excludes halogenated alkanes) is 2. The minimum Gasteiger partial charge on any atom is -0.342 e. The molecule has 0 saturated carbocycles. The van der Waals surface area contributed by atoms with Crippen LogP contribution >= 0.6 is 39.1 Å². The highest BCUT2D eigenvalue weighted by atomic mass is 79.9. The zero-order valence-corrected chi connectivity index (χ0v) is 13.4. The highest BCUT2D eigenvalue weighted by Gasteiger charge is 2.12. The maximum absolute atomic E-state index is 12.1. The van der Waals surface area contributed by atoms with Gasteiger partial charge in [0.05, 0.1) is 5.02 Å². The fourth-order valence-corrected chi connectivity index (χ4v) is 2.19. The first kappa shape index (κ1) is 15.8. The number of rotatable bonds is 6. The van der Waals surface area contributed by atoms with Crippen molar-refractivity contribution in [3.05, 3.63) is 33.3 Å². The largest absolute Gasteiger partial charge is 0.342 e. The van der Waals surface area contributed by atoms with E-state index in [1.165, 1.54) is 0 Å². The van der Waals surface area contributed by atoms with Gasteiger partial charge in [0.15, 0.2) is 0 Å². The number of halogens is 3. The second kappa shape index (κ2) is 8.03. The Morgan fingerprint density at radius 3 is 2.67 bits per heavy atom. The molecule has 0 aromatic heterocycles. The van der Waals surface area contributed by atoms with E-state index in [9.17, 15) is 4.79 Å². The number of hydrogen-bond donors (Lipinski definition) is 0. The van der Waals surface area contributed by atoms with Crippen molar-refractivity contribution >= 4 is 45.0 Å². The molecule has 0 unspecified atom stereocenters. The van der Waals surface area contributed by atoms with Crippen LogP contribution in [-0.4, -0.2) is 30.3 Å². The van der Waals surface area contributed by atoms with Gasteiger partial charge in [0.2, 0.25) is 0 Å². The van der Waals surface area contributed by atoms with Crippen molar-refractivity contribution in [3.63, 3.8) is 0 Å². The molecule has 1 amide bonds. The Hall–Kier alpha value is -0.250. The second-order valence-corrected chi connectivity index (χ2v) is 5.74. The highest BCUT2D eigenvalue weighted by Crippen LogP contribution is 2.23. The van der Waals surface area contributed by atoms with E-state index in [1.807, 2.05) is 0 Å². The average molecular weight is 353 g/mol. The molecular weight excluding hydrogens is 337 g/mol. The molecule has 1 aromatic rings. The van der Waals surface area contributed by atoms with E-state index < -0.39 is 0 Å². The predicted octanol–water partition coefficient (Wildman–Crippen LogP) is 4.58. The summed E-state index contributed by atoms with van der Waals surface area (Å²) in [4.78, 5) is 13.8. The maximum atomic E-state index is 12.1. The van der Waals surface area contributed by atoms with Crippen LogP contribution in [0.1, 0.15) is 29.6 Å². The monoisotopic (exact) mass is 351 g/mol. The first-order valence-electron chi connectivity index (χ1n) is 5.82. The summed E-state index contributed by atoms with van der Waals surface area (Å²) in [7, 11) is 1.80. The fraction of sp³-hybridized carbons (Fsp3) is 0.462. The van der Waals surface area contributed by atoms with Crippen molar-refractivity contribution in [3.8, 4) is 0 Å². The molecule has 0 saturated heterocycles. The second-order valence-electron chi connectivity index (χ2n) is 4.11. The minimum absolute atomic E-state index is 0.00438. The summed E-state index contributed by atoms with van der Waals surface area (Å²) in [6.45, 7) is 0.739. The molecule has 0 spiro atoms. The Morgan fingerprint density at radius 1 is 1.33 bits per heavy atom. The van der Waals surface area contributed by atoms with Crippen LogP contribution in [0.3, 0.4) is 0 Å². The van der Waals surface area contributed by atoms with Crippen LogP contribution in [0.25, 0.3) is 0 Å². The van der Waals surface area contributed by atoms with Gasteiger partial charge in [-0.3, -0.25) is 4.79 Å². The Balaban J connectivity index is 2.54. The minimum atomic E-state index is -0.00438. The van der Waals surface area contributed by atoms with E-state index in [-0.39, 0.29) is 5.91 Å². The first-order chi connectivity index (χ1) is 8.56. The average Bonchev–Trinajstić information content (AvgIpc) is 2.37. The van der Waals surface area contributed by atoms with Crippen LogP contribution < -0.4 is 0 Å². The molecule has 0 aliphatic carbocycles. The Bertz CT molecular complexity index is 412. The van der Waals surface area contributed by atoms with Crippen molar-refractivity contribution in [2.45, 2.75) is 19.3 Å². The van der Waals surface area contributed by atoms with Crippen LogP contribution in [0.5, 0.6) is 0 Å². The number of carbonyl (C=O) groups excluding carboxylic acids is 1. The van der Waals surface area contributed by atoms with Gasteiger partial charge in [-0.05, 0) is 47.0 Å². The first-order valence-corrected chi connectivity index (χ1v) is 7.53. The SMILES string of the molecule is CN(CCCCCCl)C(=O)c1ccc(Br)c(Cl)c1. The summed E-state index contributed by atoms with van der Waals surface area (Å²) in [5, 5.41) is 0.552. The molecule has 0 fully saturated rings. The molecule has 0 radical (unpaired) electrons. The third kappa shape index (κ3) is 4.79. The molecule has 0 aliphatic rings. The summed E-state index contributed by atoms with van der Waals surface area (Å²) in [6.07, 6.45) is 3.01. The van der Waals surface area contributed by atoms with Crippen LogP contribution in [0.2, 0.25) is 5.02 Å². The topological polar surface area (TPSA) is 20.3 Å². The zero-order chi connectivity index (χ0) is 13.5. The lowest BCUT2D eigenvalue weighted by Crippen LogP contribution is -2.27. The molecule has 1 rings (SSSR count). The van der Waals surface area contributed by atoms with E-state index in [0.29, 0.717) is 16.5 Å². The zero-order valence-electron chi connectivity index (χ0n) is 10.3. The third-order valence-corrected chi connectivity index (χ3v) is 4.14. The Kier molecular flexibility index (Phi) is 7.05. The van der Waals surface area contributed by atoms with Crippen molar-refractivity contribution < 1.29 is 4.79 Å². The summed E-state index contributed by atoms with van der Waals surface area (Å²) < 4.78 is 0.797. The highest BCUT2D eigenvalue weighted by molar-refractivity contribution is 9.10. The number of alkyl halides is 1. The lowest BCUT2D eigenvalue weighted by molar-refractivity contribution is 0.0792. The van der Waals surface area contributed by atoms with Gasteiger partial charge in [0, 0.05) is 29.5 Å². The predicted molar refractivity (Wildman–Crippen MR) is 80.7 cm³/mol. The molecule has 2 nitrogen and oxygen atoms in total. The summed E-state index contributed by atoms with van der Waals surface area (Å²) in [5.74, 6) is 0.676. The lowest BCUT2D eigenvalue weighted by Gasteiger charge is -2.17. The van der Waals surface area contributed by atoms with Gasteiger partial charge in [0.25, 0.3) is 5.91 Å². The molecule has 18 heavy (non-hydrogen) atoms. The van der Waals surface area contributed by atoms with Crippen LogP contribution in [0, 0.1) is 0 Å². The van der Waals surface area contributed by atoms with Crippen LogP contribution in [-0.2, 0) is 0 Å². The van der Waals surface area contributed by atoms with Gasteiger partial charge in [-0.15, -0.1) is 11.6 Å². The lowest BCUT2D eigenvalue weighted by atomic mass is 10.2. The molecular formula is C13H16BrCl2NO. The van der Waals surface area contributed by atoms with E-state index in [4.69, 9.17) is 23.2 Å². The smallest absolute Gasteiger partial charge is 0.253 e. The van der Waals surface area contributed by atoms with Crippen molar-refractivity contribution in [2.75, 3.05) is 19.5 Å². The molecule has 0 bridgehead atoms. The fourth-order valence-electron chi connectivity index (χ4n) is 1.57. The van der Waals surface area contributed by atoms with Crippen molar-refractivity contribution in [2.24, 2.45) is 0 Å². The quantitative estimate of drug-likeness (QED) is 0.541. The summed E-state index contributed by atoms with van der Waals surface area (Å²) >= 11 is 14.9. The molecule has 5 heteroatoms. The molecule has 0 heterocycles. The van der Waals surface area contributed by atoms with Gasteiger partial charge in [0.1, 0.15) is 0 Å². The number of hydrogen-bond acceptors (Lipinski definition) is 1. The molecule has 0 aliphatic heterocycles. The van der Waals surface area contributed by atoms with Crippen molar-refractivity contribution in [1.29, 1.82) is 0 Å². The van der Waals surface area contributed by atoms with E-state index in [1.54, 1.807) is 30.1 Å². The van der Waals surface area contributed by atoms with Gasteiger partial charge in [-0.1, -0.05) is 18.0 Å². The standard InChI is InChI=1S/C13H16BrCl2NO/c1-17(8-4-2-3-7-15)13(18)10-5-6-11(14)12(16)9-10/h5-6,9H,2-4,7-8H2,1H3. The third-order valence-electron chi connectivity index (χ3n) is 2.64. The molecule has 100 valence electrons. The number of amides is 1. The van der Waals surface area contributed by atoms with Gasteiger partial charge in [-0.25, -0.2) is 0 Å². The Labute approximate surface area is 126 Å². The van der Waals surface area contributed by atoms with E-state index >= 15 is 0 Å².